The van der Waals surface area contributed by atoms with Crippen molar-refractivity contribution in [2.24, 2.45) is 10.9 Å². The molecule has 0 saturated carbocycles. The molecule has 0 aliphatic heterocycles. The van der Waals surface area contributed by atoms with Crippen molar-refractivity contribution >= 4 is 17.4 Å². The Hall–Kier alpha value is -2.20. The summed E-state index contributed by atoms with van der Waals surface area (Å²) in [6, 6.07) is 12.9. The normalized spacial score (nSPS) is 11.7. The van der Waals surface area contributed by atoms with E-state index < -0.39 is 0 Å². The number of ether oxygens (including phenoxy) is 1. The van der Waals surface area contributed by atoms with Gasteiger partial charge in [0.2, 0.25) is 0 Å². The zero-order valence-electron chi connectivity index (χ0n) is 11.9. The summed E-state index contributed by atoms with van der Waals surface area (Å²) in [5.74, 6) is 1.71. The molecular weight excluding hydrogens is 288 g/mol. The van der Waals surface area contributed by atoms with Crippen molar-refractivity contribution in [1.29, 1.82) is 0 Å². The number of nitrogens with zero attached hydrogens (tertiary/aromatic N) is 1. The molecule has 0 atom stereocenters. The molecule has 21 heavy (non-hydrogen) atoms. The van der Waals surface area contributed by atoms with Crippen LogP contribution in [0.2, 0.25) is 5.02 Å². The molecule has 110 valence electrons. The van der Waals surface area contributed by atoms with Crippen LogP contribution in [-0.4, -0.2) is 11.0 Å². The molecule has 0 aliphatic carbocycles. The lowest BCUT2D eigenvalue weighted by Crippen LogP contribution is -2.13. The highest BCUT2D eigenvalue weighted by atomic mass is 35.5. The van der Waals surface area contributed by atoms with Gasteiger partial charge in [0.15, 0.2) is 5.84 Å². The Labute approximate surface area is 128 Å². The fraction of sp³-hybridized carbons (Fsp3) is 0.188. The Morgan fingerprint density at radius 3 is 2.57 bits per heavy atom. The third kappa shape index (κ3) is 3.47. The number of oxime groups is 1. The van der Waals surface area contributed by atoms with Crippen LogP contribution in [0, 0.1) is 0 Å². The number of nitrogens with two attached hydrogens (primary N) is 1. The number of amidine groups is 1. The second-order valence-electron chi connectivity index (χ2n) is 4.92. The highest BCUT2D eigenvalue weighted by Crippen LogP contribution is 2.32. The smallest absolute Gasteiger partial charge is 0.171 e. The second-order valence-corrected chi connectivity index (χ2v) is 5.33. The Morgan fingerprint density at radius 2 is 1.95 bits per heavy atom. The van der Waals surface area contributed by atoms with Crippen molar-refractivity contribution in [3.05, 3.63) is 58.6 Å². The van der Waals surface area contributed by atoms with Gasteiger partial charge in [0, 0.05) is 11.6 Å². The Bertz CT molecular complexity index is 669. The van der Waals surface area contributed by atoms with E-state index >= 15 is 0 Å². The molecule has 0 fully saturated rings. The van der Waals surface area contributed by atoms with Gasteiger partial charge in [-0.05, 0) is 29.7 Å². The van der Waals surface area contributed by atoms with Crippen LogP contribution in [0.4, 0.5) is 0 Å². The van der Waals surface area contributed by atoms with E-state index in [1.807, 2.05) is 24.3 Å². The molecule has 0 heterocycles. The highest BCUT2D eigenvalue weighted by molar-refractivity contribution is 6.34. The SMILES string of the molecule is CC(C)c1ccccc1Oc1ccc(C(N)=NO)c(Cl)c1. The van der Waals surface area contributed by atoms with Gasteiger partial charge in [-0.2, -0.15) is 0 Å². The fourth-order valence-electron chi connectivity index (χ4n) is 2.00. The van der Waals surface area contributed by atoms with Gasteiger partial charge in [-0.1, -0.05) is 48.8 Å². The predicted octanol–water partition coefficient (Wildman–Crippen LogP) is 4.35. The van der Waals surface area contributed by atoms with Crippen LogP contribution in [-0.2, 0) is 0 Å². The van der Waals surface area contributed by atoms with Crippen molar-refractivity contribution in [3.8, 4) is 11.5 Å². The summed E-state index contributed by atoms with van der Waals surface area (Å²) in [7, 11) is 0. The second kappa shape index (κ2) is 6.50. The number of rotatable bonds is 4. The summed E-state index contributed by atoms with van der Waals surface area (Å²) < 4.78 is 5.89. The number of benzene rings is 2. The Morgan fingerprint density at radius 1 is 1.24 bits per heavy atom. The van der Waals surface area contributed by atoms with Gasteiger partial charge in [-0.15, -0.1) is 0 Å². The van der Waals surface area contributed by atoms with Gasteiger partial charge in [0.1, 0.15) is 11.5 Å². The maximum absolute atomic E-state index is 8.69. The third-order valence-electron chi connectivity index (χ3n) is 3.09. The summed E-state index contributed by atoms with van der Waals surface area (Å²) in [4.78, 5) is 0. The molecule has 0 aromatic heterocycles. The number of halogens is 1. The molecule has 3 N–H and O–H groups in total. The summed E-state index contributed by atoms with van der Waals surface area (Å²) >= 11 is 6.12. The van der Waals surface area contributed by atoms with E-state index in [1.54, 1.807) is 18.2 Å². The van der Waals surface area contributed by atoms with Crippen LogP contribution in [0.1, 0.15) is 30.9 Å². The van der Waals surface area contributed by atoms with E-state index in [0.29, 0.717) is 22.3 Å². The van der Waals surface area contributed by atoms with Crippen LogP contribution in [0.5, 0.6) is 11.5 Å². The minimum absolute atomic E-state index is 0.0332. The fourth-order valence-corrected chi connectivity index (χ4v) is 2.27. The first-order valence-corrected chi connectivity index (χ1v) is 6.95. The van der Waals surface area contributed by atoms with Crippen LogP contribution in [0.25, 0.3) is 0 Å². The quantitative estimate of drug-likeness (QED) is 0.382. The van der Waals surface area contributed by atoms with E-state index in [-0.39, 0.29) is 5.84 Å². The molecule has 0 amide bonds. The summed E-state index contributed by atoms with van der Waals surface area (Å²) in [5.41, 5.74) is 7.12. The molecule has 0 aliphatic rings. The molecular formula is C16H17ClN2O2. The van der Waals surface area contributed by atoms with E-state index in [0.717, 1.165) is 11.3 Å². The molecule has 0 saturated heterocycles. The molecule has 2 aromatic rings. The van der Waals surface area contributed by atoms with Gasteiger partial charge in [0.05, 0.1) is 5.02 Å². The maximum Gasteiger partial charge on any atom is 0.171 e. The van der Waals surface area contributed by atoms with Gasteiger partial charge in [0.25, 0.3) is 0 Å². The van der Waals surface area contributed by atoms with Crippen LogP contribution in [0.3, 0.4) is 0 Å². The first-order valence-electron chi connectivity index (χ1n) is 6.57. The van der Waals surface area contributed by atoms with Crippen molar-refractivity contribution < 1.29 is 9.94 Å². The van der Waals surface area contributed by atoms with Crippen molar-refractivity contribution in [2.45, 2.75) is 19.8 Å². The topological polar surface area (TPSA) is 67.8 Å². The molecule has 0 radical (unpaired) electrons. The molecule has 0 unspecified atom stereocenters. The molecule has 2 aromatic carbocycles. The average Bonchev–Trinajstić information content (AvgIpc) is 2.47. The minimum atomic E-state index is -0.0332. The van der Waals surface area contributed by atoms with E-state index in [2.05, 4.69) is 19.0 Å². The summed E-state index contributed by atoms with van der Waals surface area (Å²) in [6.07, 6.45) is 0. The number of hydrogen-bond acceptors (Lipinski definition) is 3. The van der Waals surface area contributed by atoms with Gasteiger partial charge < -0.3 is 15.7 Å². The molecule has 2 rings (SSSR count). The maximum atomic E-state index is 8.69. The highest BCUT2D eigenvalue weighted by Gasteiger charge is 2.10. The monoisotopic (exact) mass is 304 g/mol. The zero-order valence-corrected chi connectivity index (χ0v) is 12.6. The summed E-state index contributed by atoms with van der Waals surface area (Å²) in [5, 5.41) is 12.0. The van der Waals surface area contributed by atoms with Crippen molar-refractivity contribution in [2.75, 3.05) is 0 Å². The largest absolute Gasteiger partial charge is 0.457 e. The summed E-state index contributed by atoms with van der Waals surface area (Å²) in [6.45, 7) is 4.22. The van der Waals surface area contributed by atoms with Crippen LogP contribution >= 0.6 is 11.6 Å². The Kier molecular flexibility index (Phi) is 4.70. The predicted molar refractivity (Wildman–Crippen MR) is 84.6 cm³/mol. The van der Waals surface area contributed by atoms with Crippen LogP contribution < -0.4 is 10.5 Å². The van der Waals surface area contributed by atoms with Crippen molar-refractivity contribution in [3.63, 3.8) is 0 Å². The number of hydrogen-bond donors (Lipinski definition) is 2. The molecule has 0 bridgehead atoms. The lowest BCUT2D eigenvalue weighted by Gasteiger charge is -2.14. The lowest BCUT2D eigenvalue weighted by molar-refractivity contribution is 0.318. The van der Waals surface area contributed by atoms with Gasteiger partial charge in [-0.25, -0.2) is 0 Å². The standard InChI is InChI=1S/C16H17ClN2O2/c1-10(2)12-5-3-4-6-15(12)21-11-7-8-13(14(17)9-11)16(18)19-20/h3-10,20H,1-2H3,(H2,18,19). The van der Waals surface area contributed by atoms with Gasteiger partial charge >= 0.3 is 0 Å². The Balaban J connectivity index is 2.31. The molecule has 4 nitrogen and oxygen atoms in total. The third-order valence-corrected chi connectivity index (χ3v) is 3.41. The molecule has 5 heteroatoms. The van der Waals surface area contributed by atoms with Gasteiger partial charge in [-0.3, -0.25) is 0 Å². The first-order chi connectivity index (χ1) is 10.0. The average molecular weight is 305 g/mol. The first kappa shape index (κ1) is 15.2. The van der Waals surface area contributed by atoms with E-state index in [1.165, 1.54) is 0 Å². The van der Waals surface area contributed by atoms with Crippen LogP contribution in [0.15, 0.2) is 47.6 Å². The van der Waals surface area contributed by atoms with Crippen molar-refractivity contribution in [1.82, 2.24) is 0 Å². The lowest BCUT2D eigenvalue weighted by atomic mass is 10.0. The number of para-hydroxylation sites is 1. The van der Waals surface area contributed by atoms with E-state index in [4.69, 9.17) is 27.3 Å². The van der Waals surface area contributed by atoms with E-state index in [9.17, 15) is 0 Å². The minimum Gasteiger partial charge on any atom is -0.457 e. The molecule has 0 spiro atoms. The zero-order chi connectivity index (χ0) is 15.4.